The largest absolute Gasteiger partial charge is 0.460 e. The van der Waals surface area contributed by atoms with Crippen LogP contribution in [0.25, 0.3) is 0 Å². The van der Waals surface area contributed by atoms with E-state index in [0.717, 1.165) is 19.3 Å². The Balaban J connectivity index is 1.77. The molecular weight excluding hydrogens is 272 g/mol. The molecule has 21 heavy (non-hydrogen) atoms. The minimum atomic E-state index is -0.493. The summed E-state index contributed by atoms with van der Waals surface area (Å²) < 4.78 is 10.2. The molecule has 2 atom stereocenters. The maximum absolute atomic E-state index is 11.8. The summed E-state index contributed by atoms with van der Waals surface area (Å²) >= 11 is 0. The van der Waals surface area contributed by atoms with Crippen molar-refractivity contribution in [3.05, 3.63) is 23.7 Å². The Morgan fingerprint density at radius 1 is 1.38 bits per heavy atom. The van der Waals surface area contributed by atoms with Gasteiger partial charge in [-0.2, -0.15) is 0 Å². The Morgan fingerprint density at radius 2 is 2.19 bits per heavy atom. The molecule has 1 saturated carbocycles. The first kappa shape index (κ1) is 15.4. The van der Waals surface area contributed by atoms with Crippen LogP contribution in [0.5, 0.6) is 0 Å². The first-order chi connectivity index (χ1) is 10.1. The summed E-state index contributed by atoms with van der Waals surface area (Å²) in [5.74, 6) is 0.703. The summed E-state index contributed by atoms with van der Waals surface area (Å²) in [4.78, 5) is 23.3. The molecule has 116 valence electrons. The maximum Gasteiger partial charge on any atom is 0.374 e. The second kappa shape index (κ2) is 7.15. The molecule has 2 rings (SSSR count). The third kappa shape index (κ3) is 4.24. The second-order valence-corrected chi connectivity index (χ2v) is 5.33. The standard InChI is InChI=1S/C15H22N2O4/c1-3-20-14(18)13-8-7-11(21-13)9-16-15(19)17-12-6-4-5-10(12)2/h7-8,10,12H,3-6,9H2,1-2H3,(H2,16,17,19)/t10-,12-/m1/s1. The third-order valence-corrected chi connectivity index (χ3v) is 3.74. The van der Waals surface area contributed by atoms with Gasteiger partial charge in [0.05, 0.1) is 13.2 Å². The van der Waals surface area contributed by atoms with Gasteiger partial charge in [-0.15, -0.1) is 0 Å². The summed E-state index contributed by atoms with van der Waals surface area (Å²) in [7, 11) is 0. The normalized spacial score (nSPS) is 21.0. The first-order valence-electron chi connectivity index (χ1n) is 7.40. The van der Waals surface area contributed by atoms with Gasteiger partial charge >= 0.3 is 12.0 Å². The van der Waals surface area contributed by atoms with E-state index in [4.69, 9.17) is 9.15 Å². The van der Waals surface area contributed by atoms with Gasteiger partial charge in [-0.25, -0.2) is 9.59 Å². The highest BCUT2D eigenvalue weighted by Gasteiger charge is 2.24. The van der Waals surface area contributed by atoms with Crippen molar-refractivity contribution < 1.29 is 18.7 Å². The van der Waals surface area contributed by atoms with Crippen LogP contribution in [0.3, 0.4) is 0 Å². The van der Waals surface area contributed by atoms with Crippen LogP contribution in [0.15, 0.2) is 16.5 Å². The SMILES string of the molecule is CCOC(=O)c1ccc(CNC(=O)N[C@@H]2CCC[C@H]2C)o1. The molecule has 2 amide bonds. The third-order valence-electron chi connectivity index (χ3n) is 3.74. The molecule has 1 aliphatic rings. The number of furan rings is 1. The van der Waals surface area contributed by atoms with Gasteiger partial charge in [0.2, 0.25) is 5.76 Å². The predicted molar refractivity (Wildman–Crippen MR) is 76.8 cm³/mol. The number of carbonyl (C=O) groups excluding carboxylic acids is 2. The van der Waals surface area contributed by atoms with Gasteiger partial charge in [0.15, 0.2) is 0 Å². The number of nitrogens with one attached hydrogen (secondary N) is 2. The van der Waals surface area contributed by atoms with Crippen molar-refractivity contribution >= 4 is 12.0 Å². The Kier molecular flexibility index (Phi) is 5.25. The van der Waals surface area contributed by atoms with Crippen molar-refractivity contribution in [1.82, 2.24) is 10.6 Å². The van der Waals surface area contributed by atoms with Gasteiger partial charge in [-0.3, -0.25) is 0 Å². The molecule has 0 saturated heterocycles. The van der Waals surface area contributed by atoms with E-state index in [0.29, 0.717) is 18.3 Å². The van der Waals surface area contributed by atoms with Gasteiger partial charge in [0.25, 0.3) is 0 Å². The second-order valence-electron chi connectivity index (χ2n) is 5.33. The lowest BCUT2D eigenvalue weighted by atomic mass is 10.1. The number of hydrogen-bond acceptors (Lipinski definition) is 4. The Hall–Kier alpha value is -1.98. The van der Waals surface area contributed by atoms with E-state index in [-0.39, 0.29) is 24.4 Å². The lowest BCUT2D eigenvalue weighted by molar-refractivity contribution is 0.0488. The topological polar surface area (TPSA) is 80.6 Å². The van der Waals surface area contributed by atoms with Gasteiger partial charge in [-0.1, -0.05) is 13.3 Å². The summed E-state index contributed by atoms with van der Waals surface area (Å²) in [6.45, 7) is 4.43. The van der Waals surface area contributed by atoms with Crippen LogP contribution < -0.4 is 10.6 Å². The molecule has 0 unspecified atom stereocenters. The highest BCUT2D eigenvalue weighted by atomic mass is 16.5. The number of hydrogen-bond donors (Lipinski definition) is 2. The molecule has 1 aromatic rings. The molecule has 1 heterocycles. The van der Waals surface area contributed by atoms with Crippen molar-refractivity contribution in [2.45, 2.75) is 45.7 Å². The summed E-state index contributed by atoms with van der Waals surface area (Å²) in [5.41, 5.74) is 0. The molecular formula is C15H22N2O4. The van der Waals surface area contributed by atoms with E-state index in [9.17, 15) is 9.59 Å². The smallest absolute Gasteiger partial charge is 0.374 e. The van der Waals surface area contributed by atoms with E-state index in [1.807, 2.05) is 0 Å². The van der Waals surface area contributed by atoms with Crippen molar-refractivity contribution in [2.75, 3.05) is 6.61 Å². The minimum Gasteiger partial charge on any atom is -0.460 e. The molecule has 6 nitrogen and oxygen atoms in total. The highest BCUT2D eigenvalue weighted by molar-refractivity contribution is 5.86. The molecule has 2 N–H and O–H groups in total. The number of ether oxygens (including phenoxy) is 1. The van der Waals surface area contributed by atoms with E-state index in [1.54, 1.807) is 19.1 Å². The zero-order chi connectivity index (χ0) is 15.2. The Bertz CT molecular complexity index is 498. The molecule has 0 bridgehead atoms. The summed E-state index contributed by atoms with van der Waals surface area (Å²) in [5, 5.41) is 5.70. The highest BCUT2D eigenvalue weighted by Crippen LogP contribution is 2.24. The van der Waals surface area contributed by atoms with Crippen LogP contribution >= 0.6 is 0 Å². The van der Waals surface area contributed by atoms with Gasteiger partial charge in [0, 0.05) is 6.04 Å². The first-order valence-corrected chi connectivity index (χ1v) is 7.40. The average Bonchev–Trinajstić information content (AvgIpc) is 3.07. The lowest BCUT2D eigenvalue weighted by Crippen LogP contribution is -2.42. The van der Waals surface area contributed by atoms with Gasteiger partial charge in [-0.05, 0) is 37.8 Å². The molecule has 0 aliphatic heterocycles. The molecule has 6 heteroatoms. The number of urea groups is 1. The van der Waals surface area contributed by atoms with Crippen molar-refractivity contribution in [3.63, 3.8) is 0 Å². The van der Waals surface area contributed by atoms with Crippen molar-refractivity contribution in [3.8, 4) is 0 Å². The van der Waals surface area contributed by atoms with Crippen LogP contribution in [0, 0.1) is 5.92 Å². The molecule has 1 aromatic heterocycles. The van der Waals surface area contributed by atoms with Crippen LogP contribution in [0.4, 0.5) is 4.79 Å². The van der Waals surface area contributed by atoms with E-state index < -0.39 is 5.97 Å². The molecule has 0 radical (unpaired) electrons. The number of amides is 2. The lowest BCUT2D eigenvalue weighted by Gasteiger charge is -2.17. The van der Waals surface area contributed by atoms with Crippen LogP contribution in [0.2, 0.25) is 0 Å². The number of esters is 1. The Morgan fingerprint density at radius 3 is 2.86 bits per heavy atom. The van der Waals surface area contributed by atoms with E-state index in [2.05, 4.69) is 17.6 Å². The fourth-order valence-corrected chi connectivity index (χ4v) is 2.53. The zero-order valence-corrected chi connectivity index (χ0v) is 12.5. The molecule has 1 fully saturated rings. The van der Waals surface area contributed by atoms with E-state index in [1.165, 1.54) is 0 Å². The van der Waals surface area contributed by atoms with Crippen LogP contribution in [-0.4, -0.2) is 24.6 Å². The molecule has 0 spiro atoms. The van der Waals surface area contributed by atoms with Gasteiger partial charge < -0.3 is 19.8 Å². The van der Waals surface area contributed by atoms with E-state index >= 15 is 0 Å². The average molecular weight is 294 g/mol. The number of carbonyl (C=O) groups is 2. The zero-order valence-electron chi connectivity index (χ0n) is 12.5. The number of rotatable bonds is 5. The fourth-order valence-electron chi connectivity index (χ4n) is 2.53. The molecule has 1 aliphatic carbocycles. The fraction of sp³-hybridized carbons (Fsp3) is 0.600. The summed E-state index contributed by atoms with van der Waals surface area (Å²) in [6, 6.07) is 3.25. The molecule has 0 aromatic carbocycles. The predicted octanol–water partition coefficient (Wildman–Crippen LogP) is 2.44. The van der Waals surface area contributed by atoms with Crippen molar-refractivity contribution in [2.24, 2.45) is 5.92 Å². The van der Waals surface area contributed by atoms with Crippen molar-refractivity contribution in [1.29, 1.82) is 0 Å². The quantitative estimate of drug-likeness (QED) is 0.817. The van der Waals surface area contributed by atoms with Crippen LogP contribution in [0.1, 0.15) is 49.4 Å². The summed E-state index contributed by atoms with van der Waals surface area (Å²) in [6.07, 6.45) is 3.35. The van der Waals surface area contributed by atoms with Crippen LogP contribution in [-0.2, 0) is 11.3 Å². The van der Waals surface area contributed by atoms with Gasteiger partial charge in [0.1, 0.15) is 5.76 Å². The minimum absolute atomic E-state index is 0.151. The monoisotopic (exact) mass is 294 g/mol. The maximum atomic E-state index is 11.8. The Labute approximate surface area is 124 Å².